The fraction of sp³-hybridized carbons (Fsp3) is 0.588. The quantitative estimate of drug-likeness (QED) is 0.866. The Balaban J connectivity index is 1.79. The first-order chi connectivity index (χ1) is 9.66. The minimum absolute atomic E-state index is 0.0689. The molecule has 1 aliphatic carbocycles. The summed E-state index contributed by atoms with van der Waals surface area (Å²) >= 11 is 0. The Kier molecular flexibility index (Phi) is 5.60. The van der Waals surface area contributed by atoms with E-state index in [0.717, 1.165) is 5.56 Å². The van der Waals surface area contributed by atoms with E-state index in [1.807, 2.05) is 30.3 Å². The van der Waals surface area contributed by atoms with Crippen LogP contribution in [0.4, 0.5) is 0 Å². The molecule has 20 heavy (non-hydrogen) atoms. The van der Waals surface area contributed by atoms with Gasteiger partial charge in [-0.3, -0.25) is 4.79 Å². The Labute approximate surface area is 121 Å². The fourth-order valence-electron chi connectivity index (χ4n) is 3.08. The monoisotopic (exact) mass is 274 g/mol. The Morgan fingerprint density at radius 3 is 2.55 bits per heavy atom. The molecule has 1 fully saturated rings. The van der Waals surface area contributed by atoms with E-state index in [0.29, 0.717) is 12.3 Å². The van der Waals surface area contributed by atoms with E-state index in [4.69, 9.17) is 5.73 Å². The zero-order valence-electron chi connectivity index (χ0n) is 12.3. The second-order valence-corrected chi connectivity index (χ2v) is 5.98. The molecule has 2 rings (SSSR count). The highest BCUT2D eigenvalue weighted by atomic mass is 16.1. The largest absolute Gasteiger partial charge is 0.353 e. The minimum atomic E-state index is -0.213. The van der Waals surface area contributed by atoms with Crippen molar-refractivity contribution in [2.45, 2.75) is 57.5 Å². The molecule has 1 aromatic carbocycles. The summed E-state index contributed by atoms with van der Waals surface area (Å²) in [5, 5.41) is 3.13. The maximum Gasteiger partial charge on any atom is 0.222 e. The maximum absolute atomic E-state index is 12.1. The normalized spacial score (nSPS) is 19.3. The molecule has 0 aromatic heterocycles. The number of carbonyl (C=O) groups excluding carboxylic acids is 1. The Bertz CT molecular complexity index is 412. The first-order valence-electron chi connectivity index (χ1n) is 7.76. The minimum Gasteiger partial charge on any atom is -0.353 e. The summed E-state index contributed by atoms with van der Waals surface area (Å²) in [5.41, 5.74) is 7.11. The van der Waals surface area contributed by atoms with Gasteiger partial charge in [0.2, 0.25) is 5.91 Å². The van der Waals surface area contributed by atoms with Gasteiger partial charge in [-0.2, -0.15) is 0 Å². The first-order valence-corrected chi connectivity index (χ1v) is 7.76. The van der Waals surface area contributed by atoms with Crippen LogP contribution >= 0.6 is 0 Å². The average Bonchev–Trinajstić information content (AvgIpc) is 2.49. The molecule has 1 amide bonds. The van der Waals surface area contributed by atoms with E-state index in [-0.39, 0.29) is 18.0 Å². The number of nitrogens with one attached hydrogen (secondary N) is 1. The molecule has 0 spiro atoms. The van der Waals surface area contributed by atoms with Crippen LogP contribution < -0.4 is 11.1 Å². The number of nitrogens with two attached hydrogens (primary N) is 1. The van der Waals surface area contributed by atoms with Crippen LogP contribution in [0.2, 0.25) is 0 Å². The van der Waals surface area contributed by atoms with Crippen molar-refractivity contribution in [3.63, 3.8) is 0 Å². The van der Waals surface area contributed by atoms with Crippen LogP contribution in [-0.4, -0.2) is 11.9 Å². The van der Waals surface area contributed by atoms with Gasteiger partial charge in [0.05, 0.1) is 0 Å². The molecule has 0 saturated heterocycles. The highest BCUT2D eigenvalue weighted by Crippen LogP contribution is 2.26. The SMILES string of the molecule is C[C@@H](NC(=O)CC(N)c1ccccc1)C1CCCCC1. The van der Waals surface area contributed by atoms with Crippen LogP contribution in [0.1, 0.15) is 57.1 Å². The molecule has 0 radical (unpaired) electrons. The van der Waals surface area contributed by atoms with E-state index in [2.05, 4.69) is 12.2 Å². The van der Waals surface area contributed by atoms with Crippen molar-refractivity contribution < 1.29 is 4.79 Å². The van der Waals surface area contributed by atoms with E-state index in [1.54, 1.807) is 0 Å². The van der Waals surface area contributed by atoms with Crippen molar-refractivity contribution in [3.05, 3.63) is 35.9 Å². The van der Waals surface area contributed by atoms with Crippen molar-refractivity contribution in [2.24, 2.45) is 11.7 Å². The summed E-state index contributed by atoms with van der Waals surface area (Å²) in [6, 6.07) is 9.88. The summed E-state index contributed by atoms with van der Waals surface area (Å²) < 4.78 is 0. The summed E-state index contributed by atoms with van der Waals surface area (Å²) in [4.78, 5) is 12.1. The van der Waals surface area contributed by atoms with Gasteiger partial charge in [0.1, 0.15) is 0 Å². The lowest BCUT2D eigenvalue weighted by atomic mass is 9.84. The number of carbonyl (C=O) groups is 1. The average molecular weight is 274 g/mol. The molecule has 0 bridgehead atoms. The van der Waals surface area contributed by atoms with Gasteiger partial charge < -0.3 is 11.1 Å². The van der Waals surface area contributed by atoms with Gasteiger partial charge in [-0.15, -0.1) is 0 Å². The molecule has 3 heteroatoms. The molecular formula is C17H26N2O. The molecule has 1 saturated carbocycles. The third-order valence-corrected chi connectivity index (χ3v) is 4.38. The Morgan fingerprint density at radius 2 is 1.90 bits per heavy atom. The summed E-state index contributed by atoms with van der Waals surface area (Å²) in [6.07, 6.45) is 6.79. The van der Waals surface area contributed by atoms with Crippen LogP contribution in [0.25, 0.3) is 0 Å². The van der Waals surface area contributed by atoms with Crippen molar-refractivity contribution in [3.8, 4) is 0 Å². The number of hydrogen-bond donors (Lipinski definition) is 2. The van der Waals surface area contributed by atoms with Crippen molar-refractivity contribution >= 4 is 5.91 Å². The fourth-order valence-corrected chi connectivity index (χ4v) is 3.08. The highest BCUT2D eigenvalue weighted by molar-refractivity contribution is 5.77. The second-order valence-electron chi connectivity index (χ2n) is 5.98. The van der Waals surface area contributed by atoms with Crippen LogP contribution in [0.5, 0.6) is 0 Å². The lowest BCUT2D eigenvalue weighted by molar-refractivity contribution is -0.122. The Hall–Kier alpha value is -1.35. The molecule has 3 nitrogen and oxygen atoms in total. The standard InChI is InChI=1S/C17H26N2O/c1-13(14-8-4-2-5-9-14)19-17(20)12-16(18)15-10-6-3-7-11-15/h3,6-7,10-11,13-14,16H,2,4-5,8-9,12,18H2,1H3,(H,19,20)/t13-,16?/m1/s1. The summed E-state index contributed by atoms with van der Waals surface area (Å²) in [6.45, 7) is 2.13. The van der Waals surface area contributed by atoms with Crippen molar-refractivity contribution in [1.82, 2.24) is 5.32 Å². The van der Waals surface area contributed by atoms with Gasteiger partial charge in [-0.25, -0.2) is 0 Å². The van der Waals surface area contributed by atoms with Crippen LogP contribution in [-0.2, 0) is 4.79 Å². The van der Waals surface area contributed by atoms with E-state index in [1.165, 1.54) is 32.1 Å². The first kappa shape index (κ1) is 15.0. The highest BCUT2D eigenvalue weighted by Gasteiger charge is 2.22. The van der Waals surface area contributed by atoms with Crippen LogP contribution in [0.15, 0.2) is 30.3 Å². The predicted octanol–water partition coefficient (Wildman–Crippen LogP) is 3.16. The van der Waals surface area contributed by atoms with Gasteiger partial charge in [0.15, 0.2) is 0 Å². The lowest BCUT2D eigenvalue weighted by Crippen LogP contribution is -2.39. The molecule has 0 aliphatic heterocycles. The summed E-state index contributed by atoms with van der Waals surface area (Å²) in [7, 11) is 0. The predicted molar refractivity (Wildman–Crippen MR) is 82.2 cm³/mol. The lowest BCUT2D eigenvalue weighted by Gasteiger charge is -2.28. The molecule has 110 valence electrons. The third kappa shape index (κ3) is 4.34. The number of rotatable bonds is 5. The van der Waals surface area contributed by atoms with E-state index in [9.17, 15) is 4.79 Å². The van der Waals surface area contributed by atoms with Gasteiger partial charge in [0, 0.05) is 18.5 Å². The zero-order valence-corrected chi connectivity index (χ0v) is 12.3. The Morgan fingerprint density at radius 1 is 1.25 bits per heavy atom. The molecule has 1 aliphatic rings. The number of benzene rings is 1. The topological polar surface area (TPSA) is 55.1 Å². The van der Waals surface area contributed by atoms with E-state index < -0.39 is 0 Å². The zero-order chi connectivity index (χ0) is 14.4. The molecule has 0 heterocycles. The maximum atomic E-state index is 12.1. The number of amides is 1. The van der Waals surface area contributed by atoms with Gasteiger partial charge in [-0.05, 0) is 31.2 Å². The molecular weight excluding hydrogens is 248 g/mol. The van der Waals surface area contributed by atoms with Crippen molar-refractivity contribution in [2.75, 3.05) is 0 Å². The second kappa shape index (κ2) is 7.44. The molecule has 1 unspecified atom stereocenters. The third-order valence-electron chi connectivity index (χ3n) is 4.38. The smallest absolute Gasteiger partial charge is 0.222 e. The molecule has 3 N–H and O–H groups in total. The van der Waals surface area contributed by atoms with Crippen LogP contribution in [0, 0.1) is 5.92 Å². The van der Waals surface area contributed by atoms with E-state index >= 15 is 0 Å². The van der Waals surface area contributed by atoms with Crippen LogP contribution in [0.3, 0.4) is 0 Å². The van der Waals surface area contributed by atoms with Gasteiger partial charge in [0.25, 0.3) is 0 Å². The van der Waals surface area contributed by atoms with Gasteiger partial charge >= 0.3 is 0 Å². The molecule has 1 aromatic rings. The summed E-state index contributed by atoms with van der Waals surface area (Å²) in [5.74, 6) is 0.708. The van der Waals surface area contributed by atoms with Crippen molar-refractivity contribution in [1.29, 1.82) is 0 Å². The number of hydrogen-bond acceptors (Lipinski definition) is 2. The van der Waals surface area contributed by atoms with Gasteiger partial charge in [-0.1, -0.05) is 49.6 Å². The molecule has 2 atom stereocenters.